The maximum Gasteiger partial charge on any atom is 0.0940 e. The fourth-order valence-corrected chi connectivity index (χ4v) is 3.36. The van der Waals surface area contributed by atoms with Crippen molar-refractivity contribution < 1.29 is 0 Å². The van der Waals surface area contributed by atoms with Crippen molar-refractivity contribution in [3.63, 3.8) is 0 Å². The Morgan fingerprint density at radius 1 is 1.00 bits per heavy atom. The summed E-state index contributed by atoms with van der Waals surface area (Å²) in [6, 6.07) is 22.0. The average molecular weight is 370 g/mol. The minimum atomic E-state index is -0.120. The van der Waals surface area contributed by atoms with Gasteiger partial charge in [-0.05, 0) is 36.8 Å². The first-order valence-electron chi connectivity index (χ1n) is 9.12. The average Bonchev–Trinajstić information content (AvgIpc) is 3.07. The third-order valence-corrected chi connectivity index (χ3v) is 4.74. The van der Waals surface area contributed by atoms with Crippen LogP contribution in [-0.4, -0.2) is 20.0 Å². The first-order valence-corrected chi connectivity index (χ1v) is 9.12. The summed E-state index contributed by atoms with van der Waals surface area (Å²) >= 11 is 0. The quantitative estimate of drug-likeness (QED) is 0.520. The van der Waals surface area contributed by atoms with Crippen molar-refractivity contribution in [3.8, 4) is 11.3 Å². The molecule has 3 N–H and O–H groups in total. The number of rotatable bonds is 5. The zero-order chi connectivity index (χ0) is 19.5. The van der Waals surface area contributed by atoms with Crippen LogP contribution in [0, 0.1) is 6.92 Å². The van der Waals surface area contributed by atoms with Gasteiger partial charge in [-0.1, -0.05) is 47.7 Å². The molecule has 0 aliphatic heterocycles. The van der Waals surface area contributed by atoms with Crippen LogP contribution in [0.3, 0.4) is 0 Å². The molecule has 0 aliphatic rings. The van der Waals surface area contributed by atoms with Crippen LogP contribution in [0.4, 0.5) is 11.4 Å². The molecule has 140 valence electrons. The second-order valence-electron chi connectivity index (χ2n) is 6.69. The second kappa shape index (κ2) is 7.52. The van der Waals surface area contributed by atoms with Gasteiger partial charge in [0.25, 0.3) is 0 Å². The fourth-order valence-electron chi connectivity index (χ4n) is 3.36. The van der Waals surface area contributed by atoms with Crippen molar-refractivity contribution in [2.24, 2.45) is 7.05 Å². The third-order valence-electron chi connectivity index (χ3n) is 4.74. The van der Waals surface area contributed by atoms with Crippen LogP contribution in [0.5, 0.6) is 0 Å². The lowest BCUT2D eigenvalue weighted by Crippen LogP contribution is -2.15. The van der Waals surface area contributed by atoms with E-state index in [2.05, 4.69) is 32.7 Å². The summed E-state index contributed by atoms with van der Waals surface area (Å²) in [5, 5.41) is 11.8. The highest BCUT2D eigenvalue weighted by atomic mass is 15.4. The minimum Gasteiger partial charge on any atom is -0.397 e. The van der Waals surface area contributed by atoms with Gasteiger partial charge in [0.2, 0.25) is 0 Å². The van der Waals surface area contributed by atoms with E-state index in [1.807, 2.05) is 68.6 Å². The third kappa shape index (κ3) is 3.44. The van der Waals surface area contributed by atoms with E-state index in [9.17, 15) is 0 Å². The van der Waals surface area contributed by atoms with Gasteiger partial charge >= 0.3 is 0 Å². The topological polar surface area (TPSA) is 81.7 Å². The summed E-state index contributed by atoms with van der Waals surface area (Å²) in [4.78, 5) is 4.55. The van der Waals surface area contributed by atoms with Crippen LogP contribution < -0.4 is 11.1 Å². The summed E-state index contributed by atoms with van der Waals surface area (Å²) in [5.41, 5.74) is 12.7. The van der Waals surface area contributed by atoms with E-state index < -0.39 is 0 Å². The molecule has 0 amide bonds. The molecule has 0 saturated heterocycles. The number of nitrogens with zero attached hydrogens (tertiary/aromatic N) is 4. The lowest BCUT2D eigenvalue weighted by molar-refractivity contribution is 0.719. The number of nitrogens with two attached hydrogens (primary N) is 1. The highest BCUT2D eigenvalue weighted by Crippen LogP contribution is 2.32. The van der Waals surface area contributed by atoms with Crippen LogP contribution in [-0.2, 0) is 7.05 Å². The van der Waals surface area contributed by atoms with E-state index in [4.69, 9.17) is 5.73 Å². The number of nitrogen functional groups attached to an aromatic ring is 1. The Labute approximate surface area is 164 Å². The number of hydrogen-bond acceptors (Lipinski definition) is 5. The first kappa shape index (κ1) is 17.7. The van der Waals surface area contributed by atoms with Crippen molar-refractivity contribution >= 4 is 11.4 Å². The van der Waals surface area contributed by atoms with Gasteiger partial charge in [-0.25, -0.2) is 4.68 Å². The monoisotopic (exact) mass is 370 g/mol. The predicted octanol–water partition coefficient (Wildman–Crippen LogP) is 3.97. The lowest BCUT2D eigenvalue weighted by Gasteiger charge is -2.22. The second-order valence-corrected chi connectivity index (χ2v) is 6.69. The molecule has 0 saturated carbocycles. The molecule has 0 bridgehead atoms. The van der Waals surface area contributed by atoms with Crippen molar-refractivity contribution in [2.45, 2.75) is 13.0 Å². The summed E-state index contributed by atoms with van der Waals surface area (Å²) in [6.07, 6.45) is 1.80. The number of nitrogens with one attached hydrogen (secondary N) is 1. The number of benzene rings is 2. The number of hydrogen-bond donors (Lipinski definition) is 2. The van der Waals surface area contributed by atoms with E-state index in [1.54, 1.807) is 10.9 Å². The maximum absolute atomic E-state index is 6.30. The maximum atomic E-state index is 6.30. The fraction of sp³-hybridized carbons (Fsp3) is 0.136. The molecule has 2 aromatic carbocycles. The molecule has 2 heterocycles. The largest absolute Gasteiger partial charge is 0.397 e. The van der Waals surface area contributed by atoms with Crippen molar-refractivity contribution in [3.05, 3.63) is 89.9 Å². The molecule has 6 heteroatoms. The van der Waals surface area contributed by atoms with E-state index in [0.29, 0.717) is 5.69 Å². The summed E-state index contributed by atoms with van der Waals surface area (Å²) < 4.78 is 1.78. The zero-order valence-electron chi connectivity index (χ0n) is 15.9. The Kier molecular flexibility index (Phi) is 4.76. The Bertz CT molecular complexity index is 1010. The Hall–Kier alpha value is -3.67. The zero-order valence-corrected chi connectivity index (χ0v) is 15.9. The van der Waals surface area contributed by atoms with Crippen LogP contribution in [0.2, 0.25) is 0 Å². The molecule has 1 atom stereocenters. The van der Waals surface area contributed by atoms with E-state index in [-0.39, 0.29) is 6.04 Å². The smallest absolute Gasteiger partial charge is 0.0940 e. The van der Waals surface area contributed by atoms with Gasteiger partial charge in [0.1, 0.15) is 0 Å². The van der Waals surface area contributed by atoms with Crippen molar-refractivity contribution in [2.75, 3.05) is 11.1 Å². The number of pyridine rings is 1. The highest BCUT2D eigenvalue weighted by Gasteiger charge is 2.17. The predicted molar refractivity (Wildman–Crippen MR) is 112 cm³/mol. The van der Waals surface area contributed by atoms with Crippen LogP contribution >= 0.6 is 0 Å². The molecule has 2 aromatic heterocycles. The van der Waals surface area contributed by atoms with Crippen LogP contribution in [0.15, 0.2) is 72.9 Å². The summed E-state index contributed by atoms with van der Waals surface area (Å²) in [7, 11) is 1.89. The van der Waals surface area contributed by atoms with Gasteiger partial charge in [0.05, 0.1) is 34.5 Å². The molecule has 0 aliphatic carbocycles. The van der Waals surface area contributed by atoms with Gasteiger partial charge in [-0.15, -0.1) is 5.10 Å². The van der Waals surface area contributed by atoms with Gasteiger partial charge < -0.3 is 11.1 Å². The summed E-state index contributed by atoms with van der Waals surface area (Å²) in [6.45, 7) is 1.95. The molecule has 0 fully saturated rings. The highest BCUT2D eigenvalue weighted by molar-refractivity contribution is 5.76. The molecule has 28 heavy (non-hydrogen) atoms. The molecule has 4 aromatic rings. The van der Waals surface area contributed by atoms with Crippen LogP contribution in [0.1, 0.15) is 23.0 Å². The number of aromatic nitrogens is 4. The standard InChI is InChI=1S/C22H22N6/c1-15-22(28(2)27-26-15)17-11-12-18(23)20(14-17)25-21(16-8-4-3-5-9-16)19-10-6-7-13-24-19/h3-14,21,25H,23H2,1-2H3. The summed E-state index contributed by atoms with van der Waals surface area (Å²) in [5.74, 6) is 0. The van der Waals surface area contributed by atoms with E-state index >= 15 is 0 Å². The van der Waals surface area contributed by atoms with Gasteiger partial charge in [-0.3, -0.25) is 4.98 Å². The van der Waals surface area contributed by atoms with E-state index in [0.717, 1.165) is 33.9 Å². The number of anilines is 2. The molecule has 4 rings (SSSR count). The normalized spacial score (nSPS) is 11.9. The van der Waals surface area contributed by atoms with E-state index in [1.165, 1.54) is 0 Å². The number of aryl methyl sites for hydroxylation is 2. The first-order chi connectivity index (χ1) is 13.6. The van der Waals surface area contributed by atoms with Gasteiger partial charge in [0.15, 0.2) is 0 Å². The Morgan fingerprint density at radius 3 is 2.46 bits per heavy atom. The molecule has 0 radical (unpaired) electrons. The van der Waals surface area contributed by atoms with Crippen molar-refractivity contribution in [1.29, 1.82) is 0 Å². The van der Waals surface area contributed by atoms with Gasteiger partial charge in [0, 0.05) is 18.8 Å². The van der Waals surface area contributed by atoms with Crippen LogP contribution in [0.25, 0.3) is 11.3 Å². The Balaban J connectivity index is 1.76. The Morgan fingerprint density at radius 2 is 1.79 bits per heavy atom. The molecule has 1 unspecified atom stereocenters. The lowest BCUT2D eigenvalue weighted by atomic mass is 10.0. The molecular formula is C22H22N6. The molecule has 6 nitrogen and oxygen atoms in total. The van der Waals surface area contributed by atoms with Crippen molar-refractivity contribution in [1.82, 2.24) is 20.0 Å². The molecular weight excluding hydrogens is 348 g/mol. The van der Waals surface area contributed by atoms with Gasteiger partial charge in [-0.2, -0.15) is 0 Å². The molecule has 0 spiro atoms. The SMILES string of the molecule is Cc1nnn(C)c1-c1ccc(N)c(NC(c2ccccc2)c2ccccn2)c1. The minimum absolute atomic E-state index is 0.120.